The molecule has 1 aliphatic rings. The molecule has 0 amide bonds. The number of nitrogens with zero attached hydrogens (tertiary/aromatic N) is 1. The topological polar surface area (TPSA) is 31.4 Å². The molecule has 0 aromatic carbocycles. The van der Waals surface area contributed by atoms with Gasteiger partial charge in [0.05, 0.1) is 11.2 Å². The molecule has 0 spiro atoms. The van der Waals surface area contributed by atoms with E-state index < -0.39 is 0 Å². The first-order chi connectivity index (χ1) is 8.79. The maximum Gasteiger partial charge on any atom is 0.494 e. The first-order valence-corrected chi connectivity index (χ1v) is 7.14. The Morgan fingerprint density at radius 3 is 1.74 bits per heavy atom. The van der Waals surface area contributed by atoms with E-state index in [0.717, 1.165) is 29.7 Å². The molecule has 1 aliphatic heterocycles. The fraction of sp³-hybridized carbons (Fsp3) is 0.667. The number of aromatic nitrogens is 1. The number of pyridine rings is 1. The maximum absolute atomic E-state index is 6.10. The Hall–Kier alpha value is -0.865. The van der Waals surface area contributed by atoms with Crippen LogP contribution < -0.4 is 5.46 Å². The minimum absolute atomic E-state index is 0.288. The van der Waals surface area contributed by atoms with Crippen molar-refractivity contribution in [1.82, 2.24) is 4.98 Å². The van der Waals surface area contributed by atoms with Crippen molar-refractivity contribution in [3.05, 3.63) is 23.5 Å². The predicted molar refractivity (Wildman–Crippen MR) is 78.7 cm³/mol. The molecular weight excluding hydrogens is 237 g/mol. The third kappa shape index (κ3) is 2.70. The summed E-state index contributed by atoms with van der Waals surface area (Å²) in [4.78, 5) is 4.60. The van der Waals surface area contributed by atoms with Crippen LogP contribution in [0.25, 0.3) is 0 Å². The van der Waals surface area contributed by atoms with Crippen LogP contribution in [0.15, 0.2) is 12.1 Å². The van der Waals surface area contributed by atoms with Gasteiger partial charge in [0.25, 0.3) is 0 Å². The highest BCUT2D eigenvalue weighted by Crippen LogP contribution is 2.36. The molecule has 0 saturated carbocycles. The van der Waals surface area contributed by atoms with Gasteiger partial charge in [0, 0.05) is 11.4 Å². The van der Waals surface area contributed by atoms with Crippen LogP contribution in [0.2, 0.25) is 0 Å². The Morgan fingerprint density at radius 1 is 0.947 bits per heavy atom. The Labute approximate surface area is 116 Å². The zero-order valence-corrected chi connectivity index (χ0v) is 12.9. The predicted octanol–water partition coefficient (Wildman–Crippen LogP) is 2.51. The Balaban J connectivity index is 2.33. The van der Waals surface area contributed by atoms with Gasteiger partial charge in [-0.05, 0) is 58.1 Å². The molecular formula is C15H24BNO2. The molecule has 4 heteroatoms. The van der Waals surface area contributed by atoms with Gasteiger partial charge in [-0.15, -0.1) is 0 Å². The highest BCUT2D eigenvalue weighted by atomic mass is 16.7. The second kappa shape index (κ2) is 4.91. The van der Waals surface area contributed by atoms with Crippen molar-refractivity contribution in [1.29, 1.82) is 0 Å². The van der Waals surface area contributed by atoms with Crippen LogP contribution in [0.3, 0.4) is 0 Å². The second-order valence-electron chi connectivity index (χ2n) is 6.18. The third-order valence-corrected chi connectivity index (χ3v) is 4.20. The molecule has 1 fully saturated rings. The van der Waals surface area contributed by atoms with E-state index in [9.17, 15) is 0 Å². The van der Waals surface area contributed by atoms with E-state index in [4.69, 9.17) is 9.31 Å². The molecule has 2 heterocycles. The van der Waals surface area contributed by atoms with Crippen molar-refractivity contribution in [2.75, 3.05) is 0 Å². The van der Waals surface area contributed by atoms with Gasteiger partial charge in [-0.2, -0.15) is 0 Å². The molecule has 104 valence electrons. The second-order valence-corrected chi connectivity index (χ2v) is 6.18. The number of hydrogen-bond acceptors (Lipinski definition) is 3. The van der Waals surface area contributed by atoms with Gasteiger partial charge in [-0.1, -0.05) is 13.8 Å². The van der Waals surface area contributed by atoms with Crippen molar-refractivity contribution in [2.45, 2.75) is 65.6 Å². The molecule has 1 saturated heterocycles. The molecule has 1 aromatic rings. The van der Waals surface area contributed by atoms with Gasteiger partial charge in [-0.25, -0.2) is 0 Å². The van der Waals surface area contributed by atoms with Gasteiger partial charge in [0.2, 0.25) is 0 Å². The lowest BCUT2D eigenvalue weighted by Crippen LogP contribution is -2.41. The lowest BCUT2D eigenvalue weighted by Gasteiger charge is -2.32. The van der Waals surface area contributed by atoms with Gasteiger partial charge >= 0.3 is 7.12 Å². The number of rotatable bonds is 3. The highest BCUT2D eigenvalue weighted by molar-refractivity contribution is 6.62. The fourth-order valence-corrected chi connectivity index (χ4v) is 2.15. The average Bonchev–Trinajstić information content (AvgIpc) is 2.58. The van der Waals surface area contributed by atoms with E-state index in [1.807, 2.05) is 0 Å². The molecule has 0 unspecified atom stereocenters. The quantitative estimate of drug-likeness (QED) is 0.783. The Bertz CT molecular complexity index is 433. The Morgan fingerprint density at radius 2 is 1.37 bits per heavy atom. The smallest absolute Gasteiger partial charge is 0.399 e. The van der Waals surface area contributed by atoms with Crippen LogP contribution in [-0.2, 0) is 22.2 Å². The zero-order chi connectivity index (χ0) is 14.3. The van der Waals surface area contributed by atoms with Crippen LogP contribution in [0.4, 0.5) is 0 Å². The van der Waals surface area contributed by atoms with Gasteiger partial charge in [0.15, 0.2) is 0 Å². The number of aryl methyl sites for hydroxylation is 2. The van der Waals surface area contributed by atoms with Crippen molar-refractivity contribution < 1.29 is 9.31 Å². The summed E-state index contributed by atoms with van der Waals surface area (Å²) in [7, 11) is -0.288. The molecule has 0 N–H and O–H groups in total. The molecule has 3 nitrogen and oxygen atoms in total. The summed E-state index contributed by atoms with van der Waals surface area (Å²) < 4.78 is 12.2. The number of hydrogen-bond donors (Lipinski definition) is 0. The summed E-state index contributed by atoms with van der Waals surface area (Å²) in [5, 5.41) is 0. The monoisotopic (exact) mass is 261 g/mol. The summed E-state index contributed by atoms with van der Waals surface area (Å²) in [5.41, 5.74) is 2.70. The average molecular weight is 261 g/mol. The van der Waals surface area contributed by atoms with E-state index in [2.05, 4.69) is 58.7 Å². The van der Waals surface area contributed by atoms with Crippen molar-refractivity contribution in [3.63, 3.8) is 0 Å². The molecule has 0 radical (unpaired) electrons. The van der Waals surface area contributed by atoms with Crippen molar-refractivity contribution in [3.8, 4) is 0 Å². The largest absolute Gasteiger partial charge is 0.494 e. The highest BCUT2D eigenvalue weighted by Gasteiger charge is 2.51. The first kappa shape index (κ1) is 14.5. The Kier molecular flexibility index (Phi) is 3.76. The van der Waals surface area contributed by atoms with Crippen LogP contribution in [0, 0.1) is 0 Å². The molecule has 1 aromatic heterocycles. The van der Waals surface area contributed by atoms with Gasteiger partial charge in [0.1, 0.15) is 0 Å². The fourth-order valence-electron chi connectivity index (χ4n) is 2.15. The molecule has 0 bridgehead atoms. The van der Waals surface area contributed by atoms with E-state index in [0.29, 0.717) is 0 Å². The third-order valence-electron chi connectivity index (χ3n) is 4.20. The minimum Gasteiger partial charge on any atom is -0.399 e. The van der Waals surface area contributed by atoms with Crippen LogP contribution in [-0.4, -0.2) is 23.3 Å². The van der Waals surface area contributed by atoms with E-state index >= 15 is 0 Å². The van der Waals surface area contributed by atoms with E-state index in [1.165, 1.54) is 0 Å². The van der Waals surface area contributed by atoms with Crippen LogP contribution in [0.1, 0.15) is 52.9 Å². The maximum atomic E-state index is 6.10. The van der Waals surface area contributed by atoms with Crippen molar-refractivity contribution >= 4 is 12.6 Å². The summed E-state index contributed by atoms with van der Waals surface area (Å²) in [5.74, 6) is 0. The van der Waals surface area contributed by atoms with E-state index in [1.54, 1.807) is 0 Å². The lowest BCUT2D eigenvalue weighted by atomic mass is 9.78. The van der Waals surface area contributed by atoms with Gasteiger partial charge < -0.3 is 9.31 Å². The first-order valence-electron chi connectivity index (χ1n) is 7.14. The summed E-state index contributed by atoms with van der Waals surface area (Å²) >= 11 is 0. The van der Waals surface area contributed by atoms with Crippen molar-refractivity contribution in [2.24, 2.45) is 0 Å². The van der Waals surface area contributed by atoms with Crippen LogP contribution in [0.5, 0.6) is 0 Å². The SMILES string of the molecule is CCc1cc(B2OC(C)(C)C(C)(C)O2)cc(CC)n1. The standard InChI is InChI=1S/C15H24BNO2/c1-7-12-9-11(10-13(8-2)17-12)16-18-14(3,4)15(5,6)19-16/h9-10H,7-8H2,1-6H3. The van der Waals surface area contributed by atoms with E-state index in [-0.39, 0.29) is 18.3 Å². The summed E-state index contributed by atoms with van der Waals surface area (Å²) in [6.45, 7) is 12.6. The summed E-state index contributed by atoms with van der Waals surface area (Å²) in [6, 6.07) is 4.20. The lowest BCUT2D eigenvalue weighted by molar-refractivity contribution is 0.00578. The molecule has 2 rings (SSSR count). The normalized spacial score (nSPS) is 20.8. The van der Waals surface area contributed by atoms with Crippen LogP contribution >= 0.6 is 0 Å². The minimum atomic E-state index is -0.292. The van der Waals surface area contributed by atoms with Gasteiger partial charge in [-0.3, -0.25) is 4.98 Å². The zero-order valence-electron chi connectivity index (χ0n) is 12.9. The molecule has 0 atom stereocenters. The molecule has 0 aliphatic carbocycles. The molecule has 19 heavy (non-hydrogen) atoms. The summed E-state index contributed by atoms with van der Waals surface area (Å²) in [6.07, 6.45) is 1.86.